The zero-order valence-corrected chi connectivity index (χ0v) is 14.7. The Morgan fingerprint density at radius 1 is 1.36 bits per heavy atom. The number of aryl methyl sites for hydroxylation is 2. The highest BCUT2D eigenvalue weighted by Gasteiger charge is 2.28. The van der Waals surface area contributed by atoms with E-state index in [1.807, 2.05) is 42.3 Å². The second kappa shape index (κ2) is 6.39. The maximum atomic E-state index is 13.0. The first kappa shape index (κ1) is 15.9. The number of hydrogen-bond acceptors (Lipinski definition) is 3. The van der Waals surface area contributed by atoms with Crippen molar-refractivity contribution in [1.29, 1.82) is 0 Å². The summed E-state index contributed by atoms with van der Waals surface area (Å²) in [6.07, 6.45) is 4.97. The number of para-hydroxylation sites is 1. The molecule has 1 saturated heterocycles. The zero-order chi connectivity index (χ0) is 17.4. The molecule has 3 aromatic rings. The lowest BCUT2D eigenvalue weighted by Crippen LogP contribution is -2.40. The summed E-state index contributed by atoms with van der Waals surface area (Å²) in [5.74, 6) is 0.959. The number of nitrogens with one attached hydrogen (secondary N) is 1. The van der Waals surface area contributed by atoms with Gasteiger partial charge in [0.05, 0.1) is 6.20 Å². The number of furan rings is 1. The maximum Gasteiger partial charge on any atom is 0.289 e. The SMILES string of the molecule is Cc1cn[nH]c1C[C@H]1CCCN(C(=O)c2oc3ccccc3c2C)C1. The van der Waals surface area contributed by atoms with Crippen molar-refractivity contribution in [2.45, 2.75) is 33.1 Å². The minimum absolute atomic E-state index is 0.0136. The van der Waals surface area contributed by atoms with Gasteiger partial charge in [0.25, 0.3) is 5.91 Å². The third-order valence-electron chi connectivity index (χ3n) is 5.27. The van der Waals surface area contributed by atoms with Crippen molar-refractivity contribution in [1.82, 2.24) is 15.1 Å². The smallest absolute Gasteiger partial charge is 0.289 e. The fourth-order valence-corrected chi connectivity index (χ4v) is 3.81. The molecule has 130 valence electrons. The Morgan fingerprint density at radius 2 is 2.20 bits per heavy atom. The molecule has 1 fully saturated rings. The third kappa shape index (κ3) is 2.95. The van der Waals surface area contributed by atoms with Crippen molar-refractivity contribution in [3.63, 3.8) is 0 Å². The Labute approximate surface area is 147 Å². The van der Waals surface area contributed by atoms with Crippen LogP contribution in [-0.4, -0.2) is 34.1 Å². The number of aromatic nitrogens is 2. The standard InChI is InChI=1S/C20H23N3O2/c1-13-11-21-22-17(13)10-15-6-5-9-23(12-15)20(24)19-14(2)16-7-3-4-8-18(16)25-19/h3-4,7-8,11,15H,5-6,9-10,12H2,1-2H3,(H,21,22)/t15-/m1/s1. The highest BCUT2D eigenvalue weighted by Crippen LogP contribution is 2.28. The Morgan fingerprint density at radius 3 is 2.96 bits per heavy atom. The molecule has 5 heteroatoms. The maximum absolute atomic E-state index is 13.0. The van der Waals surface area contributed by atoms with Crippen LogP contribution in [0.15, 0.2) is 34.9 Å². The summed E-state index contributed by atoms with van der Waals surface area (Å²) >= 11 is 0. The molecule has 25 heavy (non-hydrogen) atoms. The van der Waals surface area contributed by atoms with Crippen molar-refractivity contribution in [3.8, 4) is 0 Å². The van der Waals surface area contributed by atoms with Gasteiger partial charge in [0, 0.05) is 29.7 Å². The Bertz CT molecular complexity index is 909. The molecule has 1 N–H and O–H groups in total. The highest BCUT2D eigenvalue weighted by molar-refractivity contribution is 5.98. The summed E-state index contributed by atoms with van der Waals surface area (Å²) in [6.45, 7) is 5.61. The number of likely N-dealkylation sites (tertiary alicyclic amines) is 1. The van der Waals surface area contributed by atoms with Crippen molar-refractivity contribution in [2.75, 3.05) is 13.1 Å². The van der Waals surface area contributed by atoms with E-state index < -0.39 is 0 Å². The Hall–Kier alpha value is -2.56. The number of nitrogens with zero attached hydrogens (tertiary/aromatic N) is 2. The molecule has 0 saturated carbocycles. The minimum Gasteiger partial charge on any atom is -0.451 e. The van der Waals surface area contributed by atoms with Gasteiger partial charge in [0.2, 0.25) is 0 Å². The number of aromatic amines is 1. The summed E-state index contributed by atoms with van der Waals surface area (Å²) in [4.78, 5) is 15.0. The van der Waals surface area contributed by atoms with Crippen molar-refractivity contribution < 1.29 is 9.21 Å². The van der Waals surface area contributed by atoms with E-state index in [0.29, 0.717) is 11.7 Å². The Balaban J connectivity index is 1.53. The lowest BCUT2D eigenvalue weighted by molar-refractivity contribution is 0.0642. The molecule has 0 bridgehead atoms. The van der Waals surface area contributed by atoms with Crippen molar-refractivity contribution >= 4 is 16.9 Å². The minimum atomic E-state index is 0.0136. The van der Waals surface area contributed by atoms with Crippen LogP contribution in [0.25, 0.3) is 11.0 Å². The van der Waals surface area contributed by atoms with E-state index in [-0.39, 0.29) is 5.91 Å². The number of amides is 1. The van der Waals surface area contributed by atoms with Crippen LogP contribution in [0.1, 0.15) is 40.2 Å². The predicted molar refractivity (Wildman–Crippen MR) is 96.6 cm³/mol. The molecule has 3 heterocycles. The highest BCUT2D eigenvalue weighted by atomic mass is 16.3. The molecule has 2 aromatic heterocycles. The molecule has 5 nitrogen and oxygen atoms in total. The van der Waals surface area contributed by atoms with E-state index in [1.165, 1.54) is 11.3 Å². The summed E-state index contributed by atoms with van der Waals surface area (Å²) in [5, 5.41) is 8.21. The second-order valence-corrected chi connectivity index (χ2v) is 7.05. The topological polar surface area (TPSA) is 62.1 Å². The van der Waals surface area contributed by atoms with E-state index in [4.69, 9.17) is 4.42 Å². The van der Waals surface area contributed by atoms with E-state index in [0.717, 1.165) is 48.9 Å². The quantitative estimate of drug-likeness (QED) is 0.789. The monoisotopic (exact) mass is 337 g/mol. The fraction of sp³-hybridized carbons (Fsp3) is 0.400. The number of hydrogen-bond donors (Lipinski definition) is 1. The van der Waals surface area contributed by atoms with Crippen LogP contribution in [0.2, 0.25) is 0 Å². The molecule has 0 spiro atoms. The third-order valence-corrected chi connectivity index (χ3v) is 5.27. The fourth-order valence-electron chi connectivity index (χ4n) is 3.81. The van der Waals surface area contributed by atoms with Gasteiger partial charge in [0.1, 0.15) is 5.58 Å². The van der Waals surface area contributed by atoms with E-state index in [9.17, 15) is 4.79 Å². The molecule has 0 unspecified atom stereocenters. The van der Waals surface area contributed by atoms with Crippen molar-refractivity contribution in [2.24, 2.45) is 5.92 Å². The van der Waals surface area contributed by atoms with E-state index in [1.54, 1.807) is 0 Å². The van der Waals surface area contributed by atoms with Gasteiger partial charge in [0.15, 0.2) is 5.76 Å². The average molecular weight is 337 g/mol. The second-order valence-electron chi connectivity index (χ2n) is 7.05. The van der Waals surface area contributed by atoms with Crippen LogP contribution in [-0.2, 0) is 6.42 Å². The number of carbonyl (C=O) groups excluding carboxylic acids is 1. The zero-order valence-electron chi connectivity index (χ0n) is 14.7. The molecular weight excluding hydrogens is 314 g/mol. The van der Waals surface area contributed by atoms with E-state index in [2.05, 4.69) is 17.1 Å². The molecule has 0 radical (unpaired) electrons. The lowest BCUT2D eigenvalue weighted by atomic mass is 9.92. The van der Waals surface area contributed by atoms with Crippen molar-refractivity contribution in [3.05, 3.63) is 53.0 Å². The average Bonchev–Trinajstić information content (AvgIpc) is 3.18. The summed E-state index contributed by atoms with van der Waals surface area (Å²) in [7, 11) is 0. The number of H-pyrrole nitrogens is 1. The van der Waals surface area contributed by atoms with Crippen LogP contribution in [0, 0.1) is 19.8 Å². The first-order valence-electron chi connectivity index (χ1n) is 8.89. The van der Waals surface area contributed by atoms with Gasteiger partial charge in [-0.05, 0) is 50.7 Å². The van der Waals surface area contributed by atoms with Gasteiger partial charge in [-0.25, -0.2) is 0 Å². The first-order valence-corrected chi connectivity index (χ1v) is 8.89. The van der Waals surface area contributed by atoms with Crippen LogP contribution < -0.4 is 0 Å². The molecule has 4 rings (SSSR count). The van der Waals surface area contributed by atoms with Crippen LogP contribution >= 0.6 is 0 Å². The molecule has 1 aliphatic rings. The van der Waals surface area contributed by atoms with E-state index >= 15 is 0 Å². The largest absolute Gasteiger partial charge is 0.451 e. The summed E-state index contributed by atoms with van der Waals surface area (Å²) in [6, 6.07) is 7.83. The van der Waals surface area contributed by atoms with Gasteiger partial charge in [-0.15, -0.1) is 0 Å². The van der Waals surface area contributed by atoms with Gasteiger partial charge in [-0.3, -0.25) is 9.89 Å². The molecule has 1 atom stereocenters. The lowest BCUT2D eigenvalue weighted by Gasteiger charge is -2.32. The molecule has 1 aliphatic heterocycles. The van der Waals surface area contributed by atoms with Crippen LogP contribution in [0.3, 0.4) is 0 Å². The van der Waals surface area contributed by atoms with Gasteiger partial charge in [-0.1, -0.05) is 18.2 Å². The van der Waals surface area contributed by atoms with Crippen LogP contribution in [0.4, 0.5) is 0 Å². The molecular formula is C20H23N3O2. The molecule has 0 aliphatic carbocycles. The Kier molecular flexibility index (Phi) is 4.07. The number of rotatable bonds is 3. The van der Waals surface area contributed by atoms with Gasteiger partial charge in [-0.2, -0.15) is 5.10 Å². The number of piperidine rings is 1. The summed E-state index contributed by atoms with van der Waals surface area (Å²) < 4.78 is 5.87. The first-order chi connectivity index (χ1) is 12.1. The normalized spacial score (nSPS) is 18.0. The number of carbonyl (C=O) groups is 1. The molecule has 1 amide bonds. The predicted octanol–water partition coefficient (Wildman–Crippen LogP) is 3.87. The van der Waals surface area contributed by atoms with Gasteiger partial charge >= 0.3 is 0 Å². The van der Waals surface area contributed by atoms with Crippen LogP contribution in [0.5, 0.6) is 0 Å². The number of benzene rings is 1. The number of fused-ring (bicyclic) bond motifs is 1. The molecule has 1 aromatic carbocycles. The van der Waals surface area contributed by atoms with Gasteiger partial charge < -0.3 is 9.32 Å². The summed E-state index contributed by atoms with van der Waals surface area (Å²) in [5.41, 5.74) is 4.09.